The zero-order chi connectivity index (χ0) is 24.1. The second-order valence-corrected chi connectivity index (χ2v) is 11.9. The highest BCUT2D eigenvalue weighted by molar-refractivity contribution is 5.85. The SMILES string of the molecule is CCCCN1CCN(c2ccc(N(C)C3CCOCC3)cc2C2=CCC(C(C)(C)C)CC2)CC1.Cl. The Kier molecular flexibility index (Phi) is 10.4. The fraction of sp³-hybridized carbons (Fsp3) is 0.733. The molecule has 1 aromatic carbocycles. The molecule has 2 aliphatic heterocycles. The van der Waals surface area contributed by atoms with Crippen LogP contribution in [0.4, 0.5) is 11.4 Å². The normalized spacial score (nSPS) is 22.5. The largest absolute Gasteiger partial charge is 0.381 e. The maximum atomic E-state index is 5.63. The van der Waals surface area contributed by atoms with Gasteiger partial charge < -0.3 is 14.5 Å². The second kappa shape index (κ2) is 12.8. The Balaban J connectivity index is 0.00000342. The molecule has 1 aliphatic carbocycles. The van der Waals surface area contributed by atoms with Gasteiger partial charge in [-0.05, 0) is 80.2 Å². The van der Waals surface area contributed by atoms with E-state index in [2.05, 4.69) is 73.7 Å². The molecular weight excluding hydrogens is 454 g/mol. The minimum atomic E-state index is 0. The number of allylic oxidation sites excluding steroid dienone is 2. The number of hydrogen-bond acceptors (Lipinski definition) is 4. The molecule has 1 atom stereocenters. The van der Waals surface area contributed by atoms with Crippen LogP contribution in [-0.2, 0) is 4.74 Å². The van der Waals surface area contributed by atoms with E-state index in [-0.39, 0.29) is 12.4 Å². The minimum absolute atomic E-state index is 0. The van der Waals surface area contributed by atoms with Crippen molar-refractivity contribution < 1.29 is 4.74 Å². The van der Waals surface area contributed by atoms with Gasteiger partial charge in [-0.2, -0.15) is 0 Å². The number of nitrogens with zero attached hydrogens (tertiary/aromatic N) is 3. The first kappa shape index (κ1) is 28.3. The van der Waals surface area contributed by atoms with Gasteiger partial charge in [0.2, 0.25) is 0 Å². The van der Waals surface area contributed by atoms with E-state index in [9.17, 15) is 0 Å². The Morgan fingerprint density at radius 2 is 1.74 bits per heavy atom. The molecule has 0 spiro atoms. The Morgan fingerprint density at radius 3 is 2.34 bits per heavy atom. The van der Waals surface area contributed by atoms with E-state index in [1.807, 2.05) is 0 Å². The number of hydrogen-bond donors (Lipinski definition) is 0. The average molecular weight is 504 g/mol. The molecule has 2 heterocycles. The van der Waals surface area contributed by atoms with Crippen molar-refractivity contribution in [3.8, 4) is 0 Å². The van der Waals surface area contributed by atoms with Crippen molar-refractivity contribution in [1.82, 2.24) is 4.90 Å². The van der Waals surface area contributed by atoms with Crippen LogP contribution >= 0.6 is 12.4 Å². The number of rotatable bonds is 7. The molecule has 0 bridgehead atoms. The lowest BCUT2D eigenvalue weighted by molar-refractivity contribution is 0.0855. The van der Waals surface area contributed by atoms with Crippen LogP contribution in [0.15, 0.2) is 24.3 Å². The summed E-state index contributed by atoms with van der Waals surface area (Å²) in [7, 11) is 2.28. The van der Waals surface area contributed by atoms with Gasteiger partial charge in [-0.15, -0.1) is 12.4 Å². The van der Waals surface area contributed by atoms with E-state index >= 15 is 0 Å². The molecule has 0 radical (unpaired) electrons. The van der Waals surface area contributed by atoms with Gasteiger partial charge in [-0.25, -0.2) is 0 Å². The summed E-state index contributed by atoms with van der Waals surface area (Å²) in [6.07, 6.45) is 11.2. The number of benzene rings is 1. The van der Waals surface area contributed by atoms with Crippen molar-refractivity contribution >= 4 is 29.4 Å². The summed E-state index contributed by atoms with van der Waals surface area (Å²) in [5, 5.41) is 0. The standard InChI is InChI=1S/C30H49N3O.ClH/c1-6-7-16-32-17-19-33(20-18-32)29-13-12-27(31(5)26-14-21-34-22-15-26)23-28(29)24-8-10-25(11-9-24)30(2,3)4;/h8,12-13,23,25-26H,6-7,9-11,14-22H2,1-5H3;1H. The number of anilines is 2. The molecule has 0 saturated carbocycles. The van der Waals surface area contributed by atoms with Crippen molar-refractivity contribution in [3.05, 3.63) is 29.8 Å². The average Bonchev–Trinajstić information content (AvgIpc) is 2.87. The van der Waals surface area contributed by atoms with E-state index < -0.39 is 0 Å². The van der Waals surface area contributed by atoms with Gasteiger partial charge in [0.25, 0.3) is 0 Å². The summed E-state index contributed by atoms with van der Waals surface area (Å²) in [4.78, 5) is 7.83. The molecule has 1 unspecified atom stereocenters. The molecule has 1 aromatic rings. The molecule has 4 nitrogen and oxygen atoms in total. The van der Waals surface area contributed by atoms with Crippen molar-refractivity contribution in [2.24, 2.45) is 11.3 Å². The van der Waals surface area contributed by atoms with Gasteiger partial charge >= 0.3 is 0 Å². The Hall–Kier alpha value is -1.23. The topological polar surface area (TPSA) is 19.0 Å². The molecule has 35 heavy (non-hydrogen) atoms. The third kappa shape index (κ3) is 7.17. The molecule has 2 fully saturated rings. The fourth-order valence-electron chi connectivity index (χ4n) is 6.02. The van der Waals surface area contributed by atoms with Gasteiger partial charge in [0.15, 0.2) is 0 Å². The zero-order valence-corrected chi connectivity index (χ0v) is 23.8. The van der Waals surface area contributed by atoms with Gasteiger partial charge in [0, 0.05) is 69.4 Å². The van der Waals surface area contributed by atoms with Crippen LogP contribution in [0.5, 0.6) is 0 Å². The molecule has 2 saturated heterocycles. The molecule has 0 N–H and O–H groups in total. The van der Waals surface area contributed by atoms with Crippen LogP contribution in [0.2, 0.25) is 0 Å². The molecule has 0 aromatic heterocycles. The number of unbranched alkanes of at least 4 members (excludes halogenated alkanes) is 1. The first-order valence-electron chi connectivity index (χ1n) is 14.0. The summed E-state index contributed by atoms with van der Waals surface area (Å²) in [6.45, 7) is 17.2. The zero-order valence-electron chi connectivity index (χ0n) is 23.0. The summed E-state index contributed by atoms with van der Waals surface area (Å²) in [5.41, 5.74) is 6.29. The lowest BCUT2D eigenvalue weighted by Crippen LogP contribution is -2.47. The van der Waals surface area contributed by atoms with Crippen molar-refractivity contribution in [1.29, 1.82) is 0 Å². The molecule has 4 rings (SSSR count). The quantitative estimate of drug-likeness (QED) is 0.403. The van der Waals surface area contributed by atoms with Gasteiger partial charge in [0.05, 0.1) is 0 Å². The van der Waals surface area contributed by atoms with Crippen LogP contribution < -0.4 is 9.80 Å². The maximum absolute atomic E-state index is 5.63. The van der Waals surface area contributed by atoms with Crippen LogP contribution in [0.1, 0.15) is 78.2 Å². The highest BCUT2D eigenvalue weighted by Crippen LogP contribution is 2.42. The highest BCUT2D eigenvalue weighted by Gasteiger charge is 2.29. The van der Waals surface area contributed by atoms with Crippen molar-refractivity contribution in [2.75, 3.05) is 62.8 Å². The number of halogens is 1. The third-order valence-corrected chi connectivity index (χ3v) is 8.65. The Bertz CT molecular complexity index is 819. The van der Waals surface area contributed by atoms with Crippen LogP contribution in [0, 0.1) is 11.3 Å². The van der Waals surface area contributed by atoms with Gasteiger partial charge in [-0.1, -0.05) is 40.2 Å². The second-order valence-electron chi connectivity index (χ2n) is 11.9. The number of piperazine rings is 1. The Morgan fingerprint density at radius 1 is 1.03 bits per heavy atom. The minimum Gasteiger partial charge on any atom is -0.381 e. The smallest absolute Gasteiger partial charge is 0.0485 e. The lowest BCUT2D eigenvalue weighted by atomic mass is 9.72. The predicted molar refractivity (Wildman–Crippen MR) is 154 cm³/mol. The summed E-state index contributed by atoms with van der Waals surface area (Å²) >= 11 is 0. The predicted octanol–water partition coefficient (Wildman–Crippen LogP) is 6.88. The molecule has 3 aliphatic rings. The molecule has 0 amide bonds. The molecule has 198 valence electrons. The van der Waals surface area contributed by atoms with E-state index in [0.717, 1.165) is 45.1 Å². The molecule has 5 heteroatoms. The molecular formula is C30H50ClN3O. The maximum Gasteiger partial charge on any atom is 0.0485 e. The van der Waals surface area contributed by atoms with Crippen molar-refractivity contribution in [3.63, 3.8) is 0 Å². The van der Waals surface area contributed by atoms with E-state index in [1.165, 1.54) is 68.7 Å². The summed E-state index contributed by atoms with van der Waals surface area (Å²) in [6, 6.07) is 7.90. The van der Waals surface area contributed by atoms with E-state index in [4.69, 9.17) is 4.74 Å². The fourth-order valence-corrected chi connectivity index (χ4v) is 6.02. The van der Waals surface area contributed by atoms with Crippen LogP contribution in [0.3, 0.4) is 0 Å². The number of ether oxygens (including phenoxy) is 1. The van der Waals surface area contributed by atoms with Crippen LogP contribution in [0.25, 0.3) is 5.57 Å². The highest BCUT2D eigenvalue weighted by atomic mass is 35.5. The van der Waals surface area contributed by atoms with E-state index in [1.54, 1.807) is 5.57 Å². The van der Waals surface area contributed by atoms with Crippen molar-refractivity contribution in [2.45, 2.75) is 78.7 Å². The summed E-state index contributed by atoms with van der Waals surface area (Å²) in [5.74, 6) is 0.787. The lowest BCUT2D eigenvalue weighted by Gasteiger charge is -2.39. The van der Waals surface area contributed by atoms with E-state index in [0.29, 0.717) is 11.5 Å². The third-order valence-electron chi connectivity index (χ3n) is 8.65. The first-order chi connectivity index (χ1) is 16.4. The monoisotopic (exact) mass is 503 g/mol. The van der Waals surface area contributed by atoms with Gasteiger partial charge in [0.1, 0.15) is 0 Å². The van der Waals surface area contributed by atoms with Gasteiger partial charge in [-0.3, -0.25) is 4.90 Å². The van der Waals surface area contributed by atoms with Crippen LogP contribution in [-0.4, -0.2) is 63.9 Å². The Labute approximate surface area is 221 Å². The first-order valence-corrected chi connectivity index (χ1v) is 14.0. The summed E-state index contributed by atoms with van der Waals surface area (Å²) < 4.78 is 5.63.